The number of hydrogen-bond acceptors (Lipinski definition) is 5. The van der Waals surface area contributed by atoms with Gasteiger partial charge < -0.3 is 9.84 Å². The minimum absolute atomic E-state index is 0.548. The van der Waals surface area contributed by atoms with Gasteiger partial charge in [0.15, 0.2) is 5.65 Å². The molecule has 3 rings (SSSR count). The maximum absolute atomic E-state index is 4.74. The molecule has 17 heavy (non-hydrogen) atoms. The van der Waals surface area contributed by atoms with Crippen molar-refractivity contribution in [1.82, 2.24) is 19.8 Å². The van der Waals surface area contributed by atoms with E-state index < -0.39 is 0 Å². The highest BCUT2D eigenvalue weighted by Crippen LogP contribution is 2.10. The number of aryl methyl sites for hydroxylation is 1. The largest absolute Gasteiger partial charge is 0.364 e. The van der Waals surface area contributed by atoms with E-state index in [2.05, 4.69) is 20.6 Å². The second-order valence-electron chi connectivity index (χ2n) is 3.74. The highest BCUT2D eigenvalue weighted by atomic mass is 16.5. The van der Waals surface area contributed by atoms with Crippen LogP contribution in [0.1, 0.15) is 11.3 Å². The topological polar surface area (TPSA) is 68.2 Å². The van der Waals surface area contributed by atoms with Crippen molar-refractivity contribution in [3.8, 4) is 0 Å². The van der Waals surface area contributed by atoms with E-state index in [0.717, 1.165) is 16.9 Å². The van der Waals surface area contributed by atoms with Crippen LogP contribution < -0.4 is 5.32 Å². The second-order valence-corrected chi connectivity index (χ2v) is 3.74. The van der Waals surface area contributed by atoms with E-state index in [4.69, 9.17) is 4.52 Å². The molecule has 0 aromatic carbocycles. The van der Waals surface area contributed by atoms with Crippen LogP contribution in [-0.2, 0) is 6.54 Å². The summed E-state index contributed by atoms with van der Waals surface area (Å²) in [4.78, 5) is 4.39. The van der Waals surface area contributed by atoms with Crippen molar-refractivity contribution in [2.75, 3.05) is 5.32 Å². The summed E-state index contributed by atoms with van der Waals surface area (Å²) >= 11 is 0. The molecule has 3 heterocycles. The molecule has 0 spiro atoms. The Bertz CT molecular complexity index is 628. The van der Waals surface area contributed by atoms with Crippen molar-refractivity contribution in [2.45, 2.75) is 13.5 Å². The lowest BCUT2D eigenvalue weighted by atomic mass is 10.3. The molecule has 3 aromatic rings. The number of nitrogens with zero attached hydrogens (tertiary/aromatic N) is 4. The Morgan fingerprint density at radius 3 is 3.12 bits per heavy atom. The van der Waals surface area contributed by atoms with Crippen LogP contribution in [0, 0.1) is 6.92 Å². The molecule has 0 atom stereocenters. The Kier molecular flexibility index (Phi) is 2.25. The molecule has 0 fully saturated rings. The van der Waals surface area contributed by atoms with Crippen molar-refractivity contribution < 1.29 is 4.52 Å². The van der Waals surface area contributed by atoms with Gasteiger partial charge in [-0.2, -0.15) is 4.98 Å². The van der Waals surface area contributed by atoms with Gasteiger partial charge in [-0.25, -0.2) is 4.52 Å². The van der Waals surface area contributed by atoms with Gasteiger partial charge in [0.05, 0.1) is 6.54 Å². The fraction of sp³-hybridized carbons (Fsp3) is 0.182. The molecule has 0 unspecified atom stereocenters. The first kappa shape index (κ1) is 9.83. The zero-order valence-electron chi connectivity index (χ0n) is 9.29. The summed E-state index contributed by atoms with van der Waals surface area (Å²) in [5.41, 5.74) is 2.77. The smallest absolute Gasteiger partial charge is 0.243 e. The molecule has 0 saturated carbocycles. The number of nitrogens with one attached hydrogen (secondary N) is 1. The number of fused-ring (bicyclic) bond motifs is 1. The summed E-state index contributed by atoms with van der Waals surface area (Å²) in [6.07, 6.45) is 3.41. The summed E-state index contributed by atoms with van der Waals surface area (Å²) in [5.74, 6) is 0.585. The molecular weight excluding hydrogens is 218 g/mol. The summed E-state index contributed by atoms with van der Waals surface area (Å²) in [5, 5.41) is 11.2. The van der Waals surface area contributed by atoms with Crippen LogP contribution in [0.3, 0.4) is 0 Å². The van der Waals surface area contributed by atoms with Gasteiger partial charge in [-0.15, -0.1) is 5.10 Å². The first-order valence-corrected chi connectivity index (χ1v) is 5.28. The molecule has 0 saturated heterocycles. The Morgan fingerprint density at radius 1 is 1.41 bits per heavy atom. The van der Waals surface area contributed by atoms with Gasteiger partial charge in [-0.1, -0.05) is 11.2 Å². The van der Waals surface area contributed by atoms with E-state index in [-0.39, 0.29) is 0 Å². The number of pyridine rings is 1. The summed E-state index contributed by atoms with van der Waals surface area (Å²) in [7, 11) is 0. The maximum Gasteiger partial charge on any atom is 0.243 e. The third kappa shape index (κ3) is 1.84. The summed E-state index contributed by atoms with van der Waals surface area (Å²) in [6.45, 7) is 2.55. The van der Waals surface area contributed by atoms with Crippen LogP contribution in [0.4, 0.5) is 5.95 Å². The molecule has 6 nitrogen and oxygen atoms in total. The van der Waals surface area contributed by atoms with Crippen LogP contribution in [0.2, 0.25) is 0 Å². The van der Waals surface area contributed by atoms with Crippen LogP contribution in [0.25, 0.3) is 5.65 Å². The van der Waals surface area contributed by atoms with Crippen LogP contribution in [-0.4, -0.2) is 19.8 Å². The van der Waals surface area contributed by atoms with Crippen molar-refractivity contribution in [2.24, 2.45) is 0 Å². The van der Waals surface area contributed by atoms with E-state index >= 15 is 0 Å². The monoisotopic (exact) mass is 229 g/mol. The number of rotatable bonds is 3. The van der Waals surface area contributed by atoms with E-state index in [0.29, 0.717) is 12.5 Å². The Morgan fingerprint density at radius 2 is 2.35 bits per heavy atom. The molecule has 0 aliphatic rings. The van der Waals surface area contributed by atoms with E-state index in [1.807, 2.05) is 25.3 Å². The minimum atomic E-state index is 0.548. The molecule has 0 bridgehead atoms. The number of anilines is 1. The van der Waals surface area contributed by atoms with E-state index in [1.165, 1.54) is 6.26 Å². The normalized spacial score (nSPS) is 10.9. The van der Waals surface area contributed by atoms with E-state index in [9.17, 15) is 0 Å². The van der Waals surface area contributed by atoms with Gasteiger partial charge in [-0.05, 0) is 18.6 Å². The zero-order chi connectivity index (χ0) is 11.7. The highest BCUT2D eigenvalue weighted by Gasteiger charge is 2.05. The molecule has 3 aromatic heterocycles. The quantitative estimate of drug-likeness (QED) is 0.739. The minimum Gasteiger partial charge on any atom is -0.364 e. The second kappa shape index (κ2) is 3.89. The van der Waals surface area contributed by atoms with E-state index in [1.54, 1.807) is 10.6 Å². The van der Waals surface area contributed by atoms with Gasteiger partial charge in [0, 0.05) is 12.3 Å². The molecule has 0 aliphatic heterocycles. The van der Waals surface area contributed by atoms with Crippen LogP contribution in [0.5, 0.6) is 0 Å². The lowest BCUT2D eigenvalue weighted by molar-refractivity contribution is 0.412. The van der Waals surface area contributed by atoms with Crippen molar-refractivity contribution in [1.29, 1.82) is 0 Å². The predicted octanol–water partition coefficient (Wildman–Crippen LogP) is 1.64. The standard InChI is InChI=1S/C11H11N5O/c1-8-3-2-5-16-10(8)13-11(14-16)12-7-9-4-6-17-15-9/h2-6H,7H2,1H3,(H,12,14). The van der Waals surface area contributed by atoms with Crippen molar-refractivity contribution >= 4 is 11.6 Å². The third-order valence-corrected chi connectivity index (χ3v) is 2.48. The van der Waals surface area contributed by atoms with Crippen molar-refractivity contribution in [3.05, 3.63) is 41.9 Å². The van der Waals surface area contributed by atoms with Crippen LogP contribution >= 0.6 is 0 Å². The number of aromatic nitrogens is 4. The Hall–Kier alpha value is -2.37. The summed E-state index contributed by atoms with van der Waals surface area (Å²) in [6, 6.07) is 5.75. The lowest BCUT2D eigenvalue weighted by Gasteiger charge is -1.95. The fourth-order valence-corrected chi connectivity index (χ4v) is 1.61. The Labute approximate surface area is 97.3 Å². The maximum atomic E-state index is 4.74. The molecule has 0 aliphatic carbocycles. The first-order chi connectivity index (χ1) is 8.33. The average Bonchev–Trinajstić information content (AvgIpc) is 2.95. The molecule has 0 amide bonds. The van der Waals surface area contributed by atoms with Gasteiger partial charge in [0.2, 0.25) is 5.95 Å². The van der Waals surface area contributed by atoms with Gasteiger partial charge >= 0.3 is 0 Å². The van der Waals surface area contributed by atoms with Crippen molar-refractivity contribution in [3.63, 3.8) is 0 Å². The molecular formula is C11H11N5O. The molecule has 6 heteroatoms. The lowest BCUT2D eigenvalue weighted by Crippen LogP contribution is -2.01. The average molecular weight is 229 g/mol. The molecule has 86 valence electrons. The number of hydrogen-bond donors (Lipinski definition) is 1. The SMILES string of the molecule is Cc1cccn2nc(NCc3ccon3)nc12. The zero-order valence-corrected chi connectivity index (χ0v) is 9.29. The summed E-state index contributed by atoms with van der Waals surface area (Å²) < 4.78 is 6.50. The highest BCUT2D eigenvalue weighted by molar-refractivity contribution is 5.49. The first-order valence-electron chi connectivity index (χ1n) is 5.28. The third-order valence-electron chi connectivity index (χ3n) is 2.48. The van der Waals surface area contributed by atoms with Gasteiger partial charge in [0.25, 0.3) is 0 Å². The fourth-order valence-electron chi connectivity index (χ4n) is 1.61. The molecule has 1 N–H and O–H groups in total. The van der Waals surface area contributed by atoms with Gasteiger partial charge in [0.1, 0.15) is 12.0 Å². The van der Waals surface area contributed by atoms with Gasteiger partial charge in [-0.3, -0.25) is 0 Å². The van der Waals surface area contributed by atoms with Crippen LogP contribution in [0.15, 0.2) is 35.2 Å². The Balaban J connectivity index is 1.84. The predicted molar refractivity (Wildman–Crippen MR) is 61.6 cm³/mol. The molecule has 0 radical (unpaired) electrons.